The van der Waals surface area contributed by atoms with E-state index in [-0.39, 0.29) is 12.4 Å². The van der Waals surface area contributed by atoms with Crippen LogP contribution >= 0.6 is 0 Å². The Labute approximate surface area is 78.5 Å². The fourth-order valence-electron chi connectivity index (χ4n) is 1.95. The summed E-state index contributed by atoms with van der Waals surface area (Å²) in [6.07, 6.45) is 6.94. The molecule has 0 heterocycles. The number of carbonyl (C=O) groups is 1. The van der Waals surface area contributed by atoms with Crippen LogP contribution in [0.25, 0.3) is 0 Å². The van der Waals surface area contributed by atoms with Crippen LogP contribution in [0.3, 0.4) is 0 Å². The summed E-state index contributed by atoms with van der Waals surface area (Å²) in [7, 11) is 0. The van der Waals surface area contributed by atoms with Crippen LogP contribution in [0.1, 0.15) is 45.4 Å². The maximum atomic E-state index is 10.8. The Morgan fingerprint density at radius 2 is 2.00 bits per heavy atom. The number of carbonyl (C=O) groups excluding carboxylic acids is 2. The van der Waals surface area contributed by atoms with Crippen molar-refractivity contribution in [3.63, 3.8) is 0 Å². The molecule has 1 rings (SSSR count). The van der Waals surface area contributed by atoms with Gasteiger partial charge in [0.15, 0.2) is 0 Å². The van der Waals surface area contributed by atoms with Gasteiger partial charge in [-0.3, -0.25) is 11.1 Å². The summed E-state index contributed by atoms with van der Waals surface area (Å²) in [5.41, 5.74) is -0.522. The van der Waals surface area contributed by atoms with Crippen molar-refractivity contribution >= 4 is 12.3 Å². The summed E-state index contributed by atoms with van der Waals surface area (Å²) in [5.74, 6) is -0.294. The Hall–Kier alpha value is -0.860. The lowest BCUT2D eigenvalue weighted by Crippen LogP contribution is -2.37. The molecule has 0 amide bonds. The van der Waals surface area contributed by atoms with Gasteiger partial charge < -0.3 is 9.53 Å². The summed E-state index contributed by atoms with van der Waals surface area (Å²) in [6, 6.07) is 0. The highest BCUT2D eigenvalue weighted by Crippen LogP contribution is 2.33. The summed E-state index contributed by atoms with van der Waals surface area (Å²) >= 11 is 0. The van der Waals surface area contributed by atoms with Crippen molar-refractivity contribution in [2.24, 2.45) is 0 Å². The highest BCUT2D eigenvalue weighted by Gasteiger charge is 2.31. The molecule has 1 fully saturated rings. The molecule has 0 unspecified atom stereocenters. The first kappa shape index (κ1) is 10.2. The first-order valence-corrected chi connectivity index (χ1v) is 4.73. The molecule has 3 heteroatoms. The summed E-state index contributed by atoms with van der Waals surface area (Å²) in [4.78, 5) is 21.2. The van der Waals surface area contributed by atoms with Crippen LogP contribution in [0.15, 0.2) is 0 Å². The van der Waals surface area contributed by atoms with E-state index >= 15 is 0 Å². The summed E-state index contributed by atoms with van der Waals surface area (Å²) in [5, 5.41) is 0. The lowest BCUT2D eigenvalue weighted by atomic mass is 9.82. The average molecular weight is 183 g/mol. The molecule has 0 bridgehead atoms. The van der Waals surface area contributed by atoms with Crippen molar-refractivity contribution in [2.75, 3.05) is 0 Å². The van der Waals surface area contributed by atoms with Crippen molar-refractivity contribution in [1.29, 1.82) is 0 Å². The molecule has 0 atom stereocenters. The van der Waals surface area contributed by atoms with Gasteiger partial charge in [-0.15, -0.1) is 6.42 Å². The van der Waals surface area contributed by atoms with Crippen molar-refractivity contribution in [3.05, 3.63) is 0 Å². The van der Waals surface area contributed by atoms with E-state index in [0.29, 0.717) is 0 Å². The Kier molecular flexibility index (Phi) is 3.46. The topological polar surface area (TPSA) is 43.4 Å². The highest BCUT2D eigenvalue weighted by molar-refractivity contribution is 5.67. The van der Waals surface area contributed by atoms with Crippen LogP contribution in [0.5, 0.6) is 0 Å². The van der Waals surface area contributed by atoms with Gasteiger partial charge >= 0.3 is 5.97 Å². The van der Waals surface area contributed by atoms with E-state index in [2.05, 4.69) is 0 Å². The molecular formula is C10H15O3-. The largest absolute Gasteiger partial charge is 0.542 e. The minimum atomic E-state index is -0.522. The molecular weight excluding hydrogens is 168 g/mol. The van der Waals surface area contributed by atoms with Gasteiger partial charge in [-0.2, -0.15) is 0 Å². The van der Waals surface area contributed by atoms with E-state index in [1.807, 2.05) is 6.29 Å². The minimum absolute atomic E-state index is 0.229. The zero-order valence-electron chi connectivity index (χ0n) is 7.97. The van der Waals surface area contributed by atoms with Crippen LogP contribution in [-0.2, 0) is 14.3 Å². The van der Waals surface area contributed by atoms with Crippen molar-refractivity contribution in [2.45, 2.75) is 51.0 Å². The van der Waals surface area contributed by atoms with E-state index in [1.165, 1.54) is 13.3 Å². The third-order valence-electron chi connectivity index (χ3n) is 2.52. The Morgan fingerprint density at radius 3 is 2.46 bits per heavy atom. The van der Waals surface area contributed by atoms with Crippen molar-refractivity contribution < 1.29 is 14.3 Å². The van der Waals surface area contributed by atoms with Gasteiger partial charge in [0, 0.05) is 6.92 Å². The molecule has 0 aromatic rings. The van der Waals surface area contributed by atoms with Gasteiger partial charge in [-0.1, -0.05) is 6.42 Å². The highest BCUT2D eigenvalue weighted by atomic mass is 16.6. The second-order valence-corrected chi connectivity index (χ2v) is 3.66. The molecule has 13 heavy (non-hydrogen) atoms. The van der Waals surface area contributed by atoms with Crippen LogP contribution < -0.4 is 0 Å². The molecule has 3 nitrogen and oxygen atoms in total. The molecule has 1 aliphatic rings. The first-order valence-electron chi connectivity index (χ1n) is 4.73. The Balaban J connectivity index is 2.60. The zero-order valence-corrected chi connectivity index (χ0v) is 7.97. The smallest absolute Gasteiger partial charge is 0.303 e. The second-order valence-electron chi connectivity index (χ2n) is 3.66. The number of rotatable bonds is 3. The molecule has 74 valence electrons. The predicted molar refractivity (Wildman–Crippen MR) is 47.9 cm³/mol. The minimum Gasteiger partial charge on any atom is -0.542 e. The van der Waals surface area contributed by atoms with E-state index < -0.39 is 5.60 Å². The average Bonchev–Trinajstić information content (AvgIpc) is 2.04. The van der Waals surface area contributed by atoms with E-state index in [9.17, 15) is 9.59 Å². The number of hydrogen-bond acceptors (Lipinski definition) is 3. The molecule has 0 spiro atoms. The molecule has 0 aliphatic heterocycles. The normalized spacial score (nSPS) is 20.7. The summed E-state index contributed by atoms with van der Waals surface area (Å²) in [6.45, 7) is 1.39. The zero-order chi connectivity index (χ0) is 9.73. The van der Waals surface area contributed by atoms with E-state index in [1.54, 1.807) is 0 Å². The molecule has 1 saturated carbocycles. The predicted octanol–water partition coefficient (Wildman–Crippen LogP) is 1.75. The molecule has 0 aromatic heterocycles. The Morgan fingerprint density at radius 1 is 1.38 bits per heavy atom. The molecule has 0 N–H and O–H groups in total. The van der Waals surface area contributed by atoms with Crippen LogP contribution in [-0.4, -0.2) is 17.9 Å². The number of esters is 1. The molecule has 1 aliphatic carbocycles. The van der Waals surface area contributed by atoms with Gasteiger partial charge in [-0.25, -0.2) is 0 Å². The molecule has 0 aromatic carbocycles. The van der Waals surface area contributed by atoms with Gasteiger partial charge in [0.25, 0.3) is 0 Å². The van der Waals surface area contributed by atoms with Crippen molar-refractivity contribution in [3.8, 4) is 0 Å². The standard InChI is InChI=1S/C10H15O3/c1-9(12)13-10(7-8-11)5-3-2-4-6-10/h2-7H2,1H3/q-1. The maximum absolute atomic E-state index is 10.8. The third-order valence-corrected chi connectivity index (χ3v) is 2.52. The van der Waals surface area contributed by atoms with Crippen LogP contribution in [0.2, 0.25) is 0 Å². The second kappa shape index (κ2) is 4.40. The van der Waals surface area contributed by atoms with Gasteiger partial charge in [-0.05, 0) is 25.7 Å². The quantitative estimate of drug-likeness (QED) is 0.494. The Bertz CT molecular complexity index is 192. The lowest BCUT2D eigenvalue weighted by molar-refractivity contribution is -0.159. The van der Waals surface area contributed by atoms with Gasteiger partial charge in [0.2, 0.25) is 0 Å². The van der Waals surface area contributed by atoms with Gasteiger partial charge in [0.1, 0.15) is 0 Å². The SMILES string of the molecule is CC(=O)OC1(C[C-]=O)CCCCC1. The van der Waals surface area contributed by atoms with E-state index in [4.69, 9.17) is 4.74 Å². The lowest BCUT2D eigenvalue weighted by Gasteiger charge is -2.38. The first-order chi connectivity index (χ1) is 6.18. The summed E-state index contributed by atoms with van der Waals surface area (Å²) < 4.78 is 5.22. The van der Waals surface area contributed by atoms with E-state index in [0.717, 1.165) is 25.7 Å². The fraction of sp³-hybridized carbons (Fsp3) is 0.800. The fourth-order valence-corrected chi connectivity index (χ4v) is 1.95. The molecule has 0 saturated heterocycles. The monoisotopic (exact) mass is 183 g/mol. The van der Waals surface area contributed by atoms with Crippen molar-refractivity contribution in [1.82, 2.24) is 0 Å². The number of hydrogen-bond donors (Lipinski definition) is 0. The molecule has 0 radical (unpaired) electrons. The number of ether oxygens (including phenoxy) is 1. The van der Waals surface area contributed by atoms with Crippen LogP contribution in [0.4, 0.5) is 0 Å². The van der Waals surface area contributed by atoms with Crippen LogP contribution in [0, 0.1) is 0 Å². The maximum Gasteiger partial charge on any atom is 0.303 e. The third kappa shape index (κ3) is 2.83. The van der Waals surface area contributed by atoms with Gasteiger partial charge in [0.05, 0.1) is 5.60 Å².